The van der Waals surface area contributed by atoms with Crippen molar-refractivity contribution in [2.45, 2.75) is 6.92 Å². The van der Waals surface area contributed by atoms with Crippen molar-refractivity contribution >= 4 is 34.1 Å². The maximum atomic E-state index is 13.0. The predicted molar refractivity (Wildman–Crippen MR) is 121 cm³/mol. The molecular weight excluding hydrogens is 432 g/mol. The largest absolute Gasteiger partial charge is 0.497 e. The molecule has 4 rings (SSSR count). The lowest BCUT2D eigenvalue weighted by Gasteiger charge is -2.13. The lowest BCUT2D eigenvalue weighted by molar-refractivity contribution is -0.132. The highest BCUT2D eigenvalue weighted by molar-refractivity contribution is 6.04. The Bertz CT molecular complexity index is 1500. The molecule has 170 valence electrons. The van der Waals surface area contributed by atoms with Crippen LogP contribution in [0.4, 0.5) is 0 Å². The fraction of sp³-hybridized carbons (Fsp3) is 0.182. The van der Waals surface area contributed by atoms with E-state index in [2.05, 4.69) is 15.1 Å². The SMILES string of the molecule is COc1ccc2[nH]c3c(=O)n(/N=C\c4cc(OC)c(OC(C)=O)c(OC)c4)c(=O)[nH]c3c2c1. The van der Waals surface area contributed by atoms with Crippen LogP contribution in [0.25, 0.3) is 21.9 Å². The van der Waals surface area contributed by atoms with E-state index >= 15 is 0 Å². The van der Waals surface area contributed by atoms with Crippen molar-refractivity contribution in [2.24, 2.45) is 5.10 Å². The molecule has 0 amide bonds. The van der Waals surface area contributed by atoms with Crippen molar-refractivity contribution in [1.29, 1.82) is 0 Å². The number of benzene rings is 2. The average molecular weight is 452 g/mol. The Morgan fingerprint density at radius 1 is 0.970 bits per heavy atom. The molecule has 0 spiro atoms. The highest BCUT2D eigenvalue weighted by atomic mass is 16.6. The molecule has 0 saturated carbocycles. The zero-order valence-electron chi connectivity index (χ0n) is 18.2. The first-order valence-corrected chi connectivity index (χ1v) is 9.69. The van der Waals surface area contributed by atoms with Crippen molar-refractivity contribution in [3.63, 3.8) is 0 Å². The molecule has 2 aromatic carbocycles. The number of nitrogens with zero attached hydrogens (tertiary/aromatic N) is 2. The second kappa shape index (κ2) is 8.54. The second-order valence-corrected chi connectivity index (χ2v) is 6.93. The summed E-state index contributed by atoms with van der Waals surface area (Å²) in [5, 5.41) is 4.69. The summed E-state index contributed by atoms with van der Waals surface area (Å²) in [6, 6.07) is 8.27. The zero-order valence-corrected chi connectivity index (χ0v) is 18.2. The molecule has 33 heavy (non-hydrogen) atoms. The Morgan fingerprint density at radius 3 is 2.27 bits per heavy atom. The van der Waals surface area contributed by atoms with E-state index in [0.29, 0.717) is 32.4 Å². The molecule has 0 aliphatic carbocycles. The summed E-state index contributed by atoms with van der Waals surface area (Å²) < 4.78 is 21.6. The number of hydrogen-bond donors (Lipinski definition) is 2. The molecule has 2 heterocycles. The number of aromatic amines is 2. The number of ether oxygens (including phenoxy) is 4. The Morgan fingerprint density at radius 2 is 1.67 bits per heavy atom. The van der Waals surface area contributed by atoms with E-state index in [1.54, 1.807) is 18.2 Å². The number of nitrogens with one attached hydrogen (secondary N) is 2. The number of carbonyl (C=O) groups excluding carboxylic acids is 1. The van der Waals surface area contributed by atoms with Gasteiger partial charge in [-0.2, -0.15) is 5.10 Å². The maximum absolute atomic E-state index is 13.0. The van der Waals surface area contributed by atoms with Gasteiger partial charge < -0.3 is 28.9 Å². The van der Waals surface area contributed by atoms with Gasteiger partial charge in [-0.15, -0.1) is 4.68 Å². The molecule has 0 aliphatic heterocycles. The number of esters is 1. The summed E-state index contributed by atoms with van der Waals surface area (Å²) in [4.78, 5) is 42.7. The number of aromatic nitrogens is 3. The fourth-order valence-corrected chi connectivity index (χ4v) is 3.39. The van der Waals surface area contributed by atoms with Crippen LogP contribution < -0.4 is 30.2 Å². The third kappa shape index (κ3) is 3.91. The molecule has 2 aromatic heterocycles. The summed E-state index contributed by atoms with van der Waals surface area (Å²) in [7, 11) is 4.33. The number of hydrogen-bond acceptors (Lipinski definition) is 8. The van der Waals surface area contributed by atoms with Crippen LogP contribution in [0.5, 0.6) is 23.0 Å². The highest BCUT2D eigenvalue weighted by Gasteiger charge is 2.16. The van der Waals surface area contributed by atoms with Crippen molar-refractivity contribution in [1.82, 2.24) is 14.6 Å². The standard InChI is InChI=1S/C22H20N4O7/c1-11(27)33-20-16(31-3)7-12(8-17(20)32-4)10-23-26-21(28)19-18(25-22(26)29)14-9-13(30-2)5-6-15(14)24-19/h5-10,24H,1-4H3,(H,25,29)/b23-10-. The van der Waals surface area contributed by atoms with Crippen LogP contribution in [-0.4, -0.2) is 48.2 Å². The van der Waals surface area contributed by atoms with Crippen molar-refractivity contribution in [3.05, 3.63) is 56.7 Å². The summed E-state index contributed by atoms with van der Waals surface area (Å²) in [5.74, 6) is 0.580. The van der Waals surface area contributed by atoms with E-state index in [9.17, 15) is 14.4 Å². The maximum Gasteiger partial charge on any atom is 0.350 e. The number of rotatable bonds is 6. The van der Waals surface area contributed by atoms with Gasteiger partial charge >= 0.3 is 17.2 Å². The molecule has 11 heteroatoms. The molecule has 0 saturated heterocycles. The van der Waals surface area contributed by atoms with E-state index in [1.165, 1.54) is 46.6 Å². The van der Waals surface area contributed by atoms with Crippen molar-refractivity contribution < 1.29 is 23.7 Å². The van der Waals surface area contributed by atoms with E-state index in [4.69, 9.17) is 18.9 Å². The third-order valence-corrected chi connectivity index (χ3v) is 4.89. The first kappa shape index (κ1) is 21.7. The second-order valence-electron chi connectivity index (χ2n) is 6.93. The molecule has 0 radical (unpaired) electrons. The lowest BCUT2D eigenvalue weighted by Crippen LogP contribution is -2.32. The van der Waals surface area contributed by atoms with Gasteiger partial charge in [-0.25, -0.2) is 4.79 Å². The van der Waals surface area contributed by atoms with E-state index < -0.39 is 17.2 Å². The van der Waals surface area contributed by atoms with Gasteiger partial charge in [0.05, 0.1) is 33.1 Å². The normalized spacial score (nSPS) is 11.3. The quantitative estimate of drug-likeness (QED) is 0.259. The molecular formula is C22H20N4O7. The van der Waals surface area contributed by atoms with Crippen molar-refractivity contribution in [3.8, 4) is 23.0 Å². The molecule has 2 N–H and O–H groups in total. The number of fused-ring (bicyclic) bond motifs is 3. The number of methoxy groups -OCH3 is 3. The summed E-state index contributed by atoms with van der Waals surface area (Å²) >= 11 is 0. The molecule has 0 aliphatic rings. The van der Waals surface area contributed by atoms with Crippen LogP contribution in [0.1, 0.15) is 12.5 Å². The molecule has 0 unspecified atom stereocenters. The van der Waals surface area contributed by atoms with Crippen LogP contribution in [-0.2, 0) is 4.79 Å². The number of carbonyl (C=O) groups is 1. The van der Waals surface area contributed by atoms with Crippen molar-refractivity contribution in [2.75, 3.05) is 21.3 Å². The zero-order chi connectivity index (χ0) is 23.7. The van der Waals surface area contributed by atoms with Gasteiger partial charge in [0.1, 0.15) is 11.3 Å². The monoisotopic (exact) mass is 452 g/mol. The van der Waals surface area contributed by atoms with Gasteiger partial charge in [-0.3, -0.25) is 9.59 Å². The molecule has 11 nitrogen and oxygen atoms in total. The highest BCUT2D eigenvalue weighted by Crippen LogP contribution is 2.38. The molecule has 4 aromatic rings. The minimum atomic E-state index is -0.720. The van der Waals surface area contributed by atoms with Gasteiger partial charge in [-0.05, 0) is 30.3 Å². The van der Waals surface area contributed by atoms with E-state index in [0.717, 1.165) is 0 Å². The fourth-order valence-electron chi connectivity index (χ4n) is 3.39. The van der Waals surface area contributed by atoms with Gasteiger partial charge in [0.25, 0.3) is 0 Å². The summed E-state index contributed by atoms with van der Waals surface area (Å²) in [6.45, 7) is 1.25. The van der Waals surface area contributed by atoms with Gasteiger partial charge in [0.15, 0.2) is 11.5 Å². The summed E-state index contributed by atoms with van der Waals surface area (Å²) in [6.07, 6.45) is 1.29. The predicted octanol–water partition coefficient (Wildman–Crippen LogP) is 2.00. The Balaban J connectivity index is 1.81. The Kier molecular flexibility index (Phi) is 5.61. The Labute approximate surface area is 186 Å². The number of H-pyrrole nitrogens is 2. The molecule has 0 bridgehead atoms. The first-order valence-electron chi connectivity index (χ1n) is 9.69. The average Bonchev–Trinajstić information content (AvgIpc) is 3.16. The van der Waals surface area contributed by atoms with Crippen LogP contribution in [0, 0.1) is 0 Å². The van der Waals surface area contributed by atoms with Crippen LogP contribution >= 0.6 is 0 Å². The first-order chi connectivity index (χ1) is 15.9. The van der Waals surface area contributed by atoms with E-state index in [1.807, 2.05) is 0 Å². The minimum Gasteiger partial charge on any atom is -0.497 e. The Hall–Kier alpha value is -4.54. The van der Waals surface area contributed by atoms with Crippen LogP contribution in [0.15, 0.2) is 45.0 Å². The topological polar surface area (TPSA) is 137 Å². The van der Waals surface area contributed by atoms with Gasteiger partial charge in [0.2, 0.25) is 5.75 Å². The van der Waals surface area contributed by atoms with Gasteiger partial charge in [0, 0.05) is 23.4 Å². The van der Waals surface area contributed by atoms with E-state index in [-0.39, 0.29) is 22.8 Å². The third-order valence-electron chi connectivity index (χ3n) is 4.89. The van der Waals surface area contributed by atoms with Gasteiger partial charge in [-0.1, -0.05) is 0 Å². The summed E-state index contributed by atoms with van der Waals surface area (Å²) in [5.41, 5.74) is 0.302. The lowest BCUT2D eigenvalue weighted by atomic mass is 10.2. The molecule has 0 fully saturated rings. The smallest absolute Gasteiger partial charge is 0.350 e. The molecule has 0 atom stereocenters. The van der Waals surface area contributed by atoms with Crippen LogP contribution in [0.2, 0.25) is 0 Å². The van der Waals surface area contributed by atoms with Crippen LogP contribution in [0.3, 0.4) is 0 Å². The minimum absolute atomic E-state index is 0.106.